The van der Waals surface area contributed by atoms with Crippen molar-refractivity contribution >= 4 is 28.8 Å². The standard InChI is InChI=1S/C28H33N3O4/c1-18(2)15-24(30-26(32)17-35-27-19(3)9-8-10-20(27)4)28(33)31-29-16-21-13-14-25(34-5)23-12-7-6-11-22(21)23/h6-14,16,18,24H,15,17H2,1-5H3,(H,30,32)(H,31,33)/b29-16-/t24-/m0/s1. The SMILES string of the molecule is COc1ccc(/C=N\NC(=O)[C@H](CC(C)C)NC(=O)COc2c(C)cccc2C)c2ccccc12. The van der Waals surface area contributed by atoms with Crippen LogP contribution in [0.3, 0.4) is 0 Å². The second kappa shape index (κ2) is 12.0. The molecule has 7 heteroatoms. The van der Waals surface area contributed by atoms with Gasteiger partial charge in [0.25, 0.3) is 11.8 Å². The predicted molar refractivity (Wildman–Crippen MR) is 139 cm³/mol. The molecule has 0 aliphatic rings. The van der Waals surface area contributed by atoms with Gasteiger partial charge in [0.15, 0.2) is 6.61 Å². The fraction of sp³-hybridized carbons (Fsp3) is 0.321. The molecule has 0 radical (unpaired) electrons. The van der Waals surface area contributed by atoms with Gasteiger partial charge in [-0.25, -0.2) is 5.43 Å². The number of aryl methyl sites for hydroxylation is 2. The van der Waals surface area contributed by atoms with Gasteiger partial charge in [-0.2, -0.15) is 5.10 Å². The van der Waals surface area contributed by atoms with E-state index in [-0.39, 0.29) is 24.3 Å². The number of fused-ring (bicyclic) bond motifs is 1. The third kappa shape index (κ3) is 6.82. The van der Waals surface area contributed by atoms with Gasteiger partial charge in [0, 0.05) is 10.9 Å². The summed E-state index contributed by atoms with van der Waals surface area (Å²) in [4.78, 5) is 25.4. The smallest absolute Gasteiger partial charge is 0.262 e. The lowest BCUT2D eigenvalue weighted by atomic mass is 10.0. The summed E-state index contributed by atoms with van der Waals surface area (Å²) in [7, 11) is 1.63. The van der Waals surface area contributed by atoms with Crippen molar-refractivity contribution < 1.29 is 19.1 Å². The first-order valence-electron chi connectivity index (χ1n) is 11.7. The predicted octanol–water partition coefficient (Wildman–Crippen LogP) is 4.53. The van der Waals surface area contributed by atoms with Crippen molar-refractivity contribution in [2.24, 2.45) is 11.0 Å². The molecule has 2 amide bonds. The van der Waals surface area contributed by atoms with Crippen LogP contribution in [0.2, 0.25) is 0 Å². The number of nitrogens with zero attached hydrogens (tertiary/aromatic N) is 1. The average Bonchev–Trinajstić information content (AvgIpc) is 2.83. The largest absolute Gasteiger partial charge is 0.496 e. The van der Waals surface area contributed by atoms with E-state index in [1.54, 1.807) is 13.3 Å². The molecule has 3 aromatic carbocycles. The van der Waals surface area contributed by atoms with E-state index in [0.717, 1.165) is 33.2 Å². The molecular weight excluding hydrogens is 442 g/mol. The Morgan fingerprint density at radius 2 is 1.66 bits per heavy atom. The van der Waals surface area contributed by atoms with Gasteiger partial charge in [0.05, 0.1) is 13.3 Å². The topological polar surface area (TPSA) is 89.0 Å². The van der Waals surface area contributed by atoms with E-state index in [4.69, 9.17) is 9.47 Å². The number of benzene rings is 3. The second-order valence-electron chi connectivity index (χ2n) is 8.90. The fourth-order valence-electron chi connectivity index (χ4n) is 3.93. The third-order valence-electron chi connectivity index (χ3n) is 5.63. The lowest BCUT2D eigenvalue weighted by molar-refractivity contribution is -0.130. The number of hydrazone groups is 1. The summed E-state index contributed by atoms with van der Waals surface area (Å²) in [5.41, 5.74) is 5.32. The van der Waals surface area contributed by atoms with E-state index >= 15 is 0 Å². The quantitative estimate of drug-likeness (QED) is 0.333. The highest BCUT2D eigenvalue weighted by Gasteiger charge is 2.22. The van der Waals surface area contributed by atoms with Gasteiger partial charge < -0.3 is 14.8 Å². The van der Waals surface area contributed by atoms with Crippen LogP contribution < -0.4 is 20.2 Å². The van der Waals surface area contributed by atoms with E-state index < -0.39 is 6.04 Å². The van der Waals surface area contributed by atoms with Crippen molar-refractivity contribution in [2.45, 2.75) is 40.2 Å². The van der Waals surface area contributed by atoms with Crippen LogP contribution in [-0.2, 0) is 9.59 Å². The lowest BCUT2D eigenvalue weighted by Crippen LogP contribution is -2.47. The summed E-state index contributed by atoms with van der Waals surface area (Å²) in [6.07, 6.45) is 2.07. The Bertz CT molecular complexity index is 1200. The molecule has 0 aliphatic heterocycles. The van der Waals surface area contributed by atoms with Crippen molar-refractivity contribution in [1.29, 1.82) is 0 Å². The van der Waals surface area contributed by atoms with Crippen molar-refractivity contribution in [2.75, 3.05) is 13.7 Å². The number of hydrogen-bond donors (Lipinski definition) is 2. The van der Waals surface area contributed by atoms with Crippen LogP contribution in [-0.4, -0.2) is 37.8 Å². The number of carbonyl (C=O) groups is 2. The summed E-state index contributed by atoms with van der Waals surface area (Å²) >= 11 is 0. The molecule has 0 fully saturated rings. The first-order chi connectivity index (χ1) is 16.8. The molecule has 3 rings (SSSR count). The van der Waals surface area contributed by atoms with E-state index in [1.807, 2.05) is 82.3 Å². The Labute approximate surface area is 206 Å². The molecule has 184 valence electrons. The van der Waals surface area contributed by atoms with E-state index in [2.05, 4.69) is 15.8 Å². The molecule has 0 saturated carbocycles. The zero-order chi connectivity index (χ0) is 25.4. The molecule has 1 atom stereocenters. The molecule has 2 N–H and O–H groups in total. The number of para-hydroxylation sites is 1. The summed E-state index contributed by atoms with van der Waals surface area (Å²) in [5.74, 6) is 0.903. The zero-order valence-corrected chi connectivity index (χ0v) is 20.9. The minimum atomic E-state index is -0.728. The van der Waals surface area contributed by atoms with E-state index in [9.17, 15) is 9.59 Å². The van der Waals surface area contributed by atoms with Gasteiger partial charge in [-0.3, -0.25) is 9.59 Å². The summed E-state index contributed by atoms with van der Waals surface area (Å²) in [6.45, 7) is 7.67. The Balaban J connectivity index is 1.65. The van der Waals surface area contributed by atoms with Crippen LogP contribution in [0, 0.1) is 19.8 Å². The number of carbonyl (C=O) groups excluding carboxylic acids is 2. The van der Waals surface area contributed by atoms with Crippen molar-refractivity contribution in [1.82, 2.24) is 10.7 Å². The Morgan fingerprint density at radius 3 is 2.31 bits per heavy atom. The van der Waals surface area contributed by atoms with Gasteiger partial charge in [-0.05, 0) is 54.8 Å². The maximum atomic E-state index is 12.9. The van der Waals surface area contributed by atoms with Crippen LogP contribution in [0.5, 0.6) is 11.5 Å². The first-order valence-corrected chi connectivity index (χ1v) is 11.7. The Kier molecular flexibility index (Phi) is 8.84. The minimum Gasteiger partial charge on any atom is -0.496 e. The molecule has 0 aromatic heterocycles. The highest BCUT2D eigenvalue weighted by Crippen LogP contribution is 2.27. The zero-order valence-electron chi connectivity index (χ0n) is 20.9. The van der Waals surface area contributed by atoms with Gasteiger partial charge >= 0.3 is 0 Å². The van der Waals surface area contributed by atoms with E-state index in [1.165, 1.54) is 0 Å². The Hall–Kier alpha value is -3.87. The number of nitrogens with one attached hydrogen (secondary N) is 2. The highest BCUT2D eigenvalue weighted by atomic mass is 16.5. The van der Waals surface area contributed by atoms with Gasteiger partial charge in [0.2, 0.25) is 0 Å². The first kappa shape index (κ1) is 25.7. The third-order valence-corrected chi connectivity index (χ3v) is 5.63. The molecule has 0 spiro atoms. The van der Waals surface area contributed by atoms with Crippen LogP contribution in [0.1, 0.15) is 37.0 Å². The van der Waals surface area contributed by atoms with Crippen molar-refractivity contribution in [3.8, 4) is 11.5 Å². The highest BCUT2D eigenvalue weighted by molar-refractivity contribution is 6.02. The lowest BCUT2D eigenvalue weighted by Gasteiger charge is -2.19. The molecular formula is C28H33N3O4. The number of amides is 2. The molecule has 0 unspecified atom stereocenters. The van der Waals surface area contributed by atoms with E-state index in [0.29, 0.717) is 12.2 Å². The van der Waals surface area contributed by atoms with Crippen molar-refractivity contribution in [3.05, 3.63) is 71.3 Å². The normalized spacial score (nSPS) is 12.1. The van der Waals surface area contributed by atoms with Crippen molar-refractivity contribution in [3.63, 3.8) is 0 Å². The molecule has 0 aliphatic carbocycles. The van der Waals surface area contributed by atoms with Gasteiger partial charge in [-0.1, -0.05) is 56.3 Å². The van der Waals surface area contributed by atoms with Crippen LogP contribution >= 0.6 is 0 Å². The monoisotopic (exact) mass is 475 g/mol. The maximum Gasteiger partial charge on any atom is 0.262 e. The molecule has 0 heterocycles. The van der Waals surface area contributed by atoms with Gasteiger partial charge in [-0.15, -0.1) is 0 Å². The molecule has 35 heavy (non-hydrogen) atoms. The fourth-order valence-corrected chi connectivity index (χ4v) is 3.93. The number of ether oxygens (including phenoxy) is 2. The van der Waals surface area contributed by atoms with Gasteiger partial charge in [0.1, 0.15) is 17.5 Å². The maximum absolute atomic E-state index is 12.9. The number of hydrogen-bond acceptors (Lipinski definition) is 5. The number of methoxy groups -OCH3 is 1. The molecule has 0 saturated heterocycles. The van der Waals surface area contributed by atoms with Crippen LogP contribution in [0.15, 0.2) is 59.7 Å². The average molecular weight is 476 g/mol. The molecule has 0 bridgehead atoms. The summed E-state index contributed by atoms with van der Waals surface area (Å²) in [5, 5.41) is 8.85. The minimum absolute atomic E-state index is 0.172. The molecule has 7 nitrogen and oxygen atoms in total. The second-order valence-corrected chi connectivity index (χ2v) is 8.90. The Morgan fingerprint density at radius 1 is 0.971 bits per heavy atom. The summed E-state index contributed by atoms with van der Waals surface area (Å²) in [6, 6.07) is 16.6. The van der Waals surface area contributed by atoms with Crippen LogP contribution in [0.4, 0.5) is 0 Å². The van der Waals surface area contributed by atoms with Crippen LogP contribution in [0.25, 0.3) is 10.8 Å². The number of rotatable bonds is 10. The summed E-state index contributed by atoms with van der Waals surface area (Å²) < 4.78 is 11.2. The molecule has 3 aromatic rings.